The minimum Gasteiger partial charge on any atom is -0.383 e. The third kappa shape index (κ3) is 11.5. The van der Waals surface area contributed by atoms with Crippen molar-refractivity contribution in [2.75, 3.05) is 20.8 Å². The molecule has 0 bridgehead atoms. The Kier molecular flexibility index (Phi) is 19.2. The van der Waals surface area contributed by atoms with Crippen LogP contribution in [0, 0.1) is 0 Å². The zero-order valence-corrected chi connectivity index (χ0v) is 5.19. The van der Waals surface area contributed by atoms with Crippen LogP contribution < -0.4 is 5.32 Å². The summed E-state index contributed by atoms with van der Waals surface area (Å²) in [6.07, 6.45) is 0. The zero-order chi connectivity index (χ0) is 5.70. The van der Waals surface area contributed by atoms with E-state index in [1.807, 2.05) is 7.05 Å². The molecule has 0 saturated heterocycles. The summed E-state index contributed by atoms with van der Waals surface area (Å²) in [4.78, 5) is 0. The molecule has 0 rings (SSSR count). The highest BCUT2D eigenvalue weighted by Crippen LogP contribution is 1.76. The maximum absolute atomic E-state index is 4.83. The van der Waals surface area contributed by atoms with Gasteiger partial charge < -0.3 is 10.1 Å². The molecule has 1 N–H and O–H groups in total. The van der Waals surface area contributed by atoms with E-state index in [4.69, 9.17) is 4.74 Å². The molecule has 9 heavy (non-hydrogen) atoms. The summed E-state index contributed by atoms with van der Waals surface area (Å²) in [6, 6.07) is 0.477. The minimum absolute atomic E-state index is 0. The fraction of sp³-hybridized carbons (Fsp3) is 1.00. The lowest BCUT2D eigenvalue weighted by atomic mass is 10.4. The zero-order valence-electron chi connectivity index (χ0n) is 5.19. The molecule has 0 aliphatic heterocycles. The van der Waals surface area contributed by atoms with Crippen LogP contribution in [0.4, 0.5) is 0 Å². The smallest absolute Gasteiger partial charge is 0.0613 e. The predicted molar refractivity (Wildman–Crippen MR) is 43.9 cm³/mol. The van der Waals surface area contributed by atoms with Crippen LogP contribution in [0.3, 0.4) is 0 Å². The standard InChI is InChI=1S/C5H13NO.2CH4/c1-5(6-2)4-7-3;;/h5-6H,4H2,1-3H3;2*1H4. The van der Waals surface area contributed by atoms with Gasteiger partial charge in [0.1, 0.15) is 0 Å². The molecule has 0 saturated carbocycles. The van der Waals surface area contributed by atoms with Crippen LogP contribution in [0.5, 0.6) is 0 Å². The first kappa shape index (κ1) is 16.0. The van der Waals surface area contributed by atoms with Crippen molar-refractivity contribution in [3.8, 4) is 0 Å². The molecule has 0 aromatic rings. The molecule has 60 valence electrons. The second-order valence-corrected chi connectivity index (χ2v) is 1.65. The maximum Gasteiger partial charge on any atom is 0.0613 e. The molecule has 0 aromatic carbocycles. The summed E-state index contributed by atoms with van der Waals surface area (Å²) in [5.74, 6) is 0. The maximum atomic E-state index is 4.83. The van der Waals surface area contributed by atoms with Gasteiger partial charge in [-0.15, -0.1) is 0 Å². The van der Waals surface area contributed by atoms with Crippen molar-refractivity contribution in [1.82, 2.24) is 5.32 Å². The van der Waals surface area contributed by atoms with Crippen LogP contribution in [-0.4, -0.2) is 26.8 Å². The SMILES string of the molecule is C.C.CNC(C)COC. The lowest BCUT2D eigenvalue weighted by Gasteiger charge is -2.05. The summed E-state index contributed by atoms with van der Waals surface area (Å²) in [7, 11) is 3.62. The van der Waals surface area contributed by atoms with Gasteiger partial charge in [0.2, 0.25) is 0 Å². The van der Waals surface area contributed by atoms with Crippen molar-refractivity contribution in [3.63, 3.8) is 0 Å². The summed E-state index contributed by atoms with van der Waals surface area (Å²) in [6.45, 7) is 2.86. The van der Waals surface area contributed by atoms with Crippen LogP contribution in [0.2, 0.25) is 0 Å². The van der Waals surface area contributed by atoms with Crippen molar-refractivity contribution in [2.45, 2.75) is 27.8 Å². The molecular formula is C7H21NO. The Hall–Kier alpha value is -0.0800. The number of hydrogen-bond donors (Lipinski definition) is 1. The van der Waals surface area contributed by atoms with E-state index in [0.29, 0.717) is 6.04 Å². The largest absolute Gasteiger partial charge is 0.383 e. The molecule has 2 nitrogen and oxygen atoms in total. The minimum atomic E-state index is 0. The molecule has 0 aliphatic rings. The molecule has 0 radical (unpaired) electrons. The van der Waals surface area contributed by atoms with Gasteiger partial charge in [-0.3, -0.25) is 0 Å². The predicted octanol–water partition coefficient (Wildman–Crippen LogP) is 1.51. The van der Waals surface area contributed by atoms with Gasteiger partial charge in [0, 0.05) is 13.2 Å². The second kappa shape index (κ2) is 10.8. The monoisotopic (exact) mass is 135 g/mol. The van der Waals surface area contributed by atoms with E-state index < -0.39 is 0 Å². The van der Waals surface area contributed by atoms with Crippen LogP contribution >= 0.6 is 0 Å². The molecule has 0 fully saturated rings. The quantitative estimate of drug-likeness (QED) is 0.633. The van der Waals surface area contributed by atoms with Gasteiger partial charge in [0.05, 0.1) is 6.61 Å². The molecule has 2 heteroatoms. The highest BCUT2D eigenvalue weighted by atomic mass is 16.5. The number of methoxy groups -OCH3 is 1. The molecule has 0 aromatic heterocycles. The third-order valence-electron chi connectivity index (χ3n) is 0.909. The van der Waals surface area contributed by atoms with Crippen molar-refractivity contribution < 1.29 is 4.74 Å². The van der Waals surface area contributed by atoms with E-state index in [0.717, 1.165) is 6.61 Å². The highest BCUT2D eigenvalue weighted by molar-refractivity contribution is 4.51. The molecule has 0 spiro atoms. The molecule has 1 unspecified atom stereocenters. The number of likely N-dealkylation sites (N-methyl/N-ethyl adjacent to an activating group) is 1. The van der Waals surface area contributed by atoms with E-state index in [9.17, 15) is 0 Å². The molecule has 0 aliphatic carbocycles. The molecule has 0 amide bonds. The van der Waals surface area contributed by atoms with E-state index in [1.165, 1.54) is 0 Å². The van der Waals surface area contributed by atoms with Gasteiger partial charge in [-0.1, -0.05) is 14.9 Å². The summed E-state index contributed by atoms with van der Waals surface area (Å²) >= 11 is 0. The average Bonchev–Trinajstić information content (AvgIpc) is 1.68. The number of nitrogens with one attached hydrogen (secondary N) is 1. The summed E-state index contributed by atoms with van der Waals surface area (Å²) in [5.41, 5.74) is 0. The van der Waals surface area contributed by atoms with E-state index in [2.05, 4.69) is 12.2 Å². The van der Waals surface area contributed by atoms with Crippen LogP contribution in [0.25, 0.3) is 0 Å². The molecule has 0 heterocycles. The lowest BCUT2D eigenvalue weighted by Crippen LogP contribution is -2.25. The van der Waals surface area contributed by atoms with Crippen LogP contribution in [0.15, 0.2) is 0 Å². The first-order chi connectivity index (χ1) is 3.31. The van der Waals surface area contributed by atoms with Gasteiger partial charge in [-0.2, -0.15) is 0 Å². The Morgan fingerprint density at radius 2 is 1.89 bits per heavy atom. The van der Waals surface area contributed by atoms with E-state index in [-0.39, 0.29) is 14.9 Å². The van der Waals surface area contributed by atoms with Gasteiger partial charge >= 0.3 is 0 Å². The summed E-state index contributed by atoms with van der Waals surface area (Å²) in [5, 5.41) is 3.04. The Morgan fingerprint density at radius 3 is 2.00 bits per heavy atom. The first-order valence-corrected chi connectivity index (χ1v) is 2.47. The number of ether oxygens (including phenoxy) is 1. The molecule has 1 atom stereocenters. The topological polar surface area (TPSA) is 21.3 Å². The normalized spacial score (nSPS) is 11.0. The Balaban J connectivity index is -0.000000180. The van der Waals surface area contributed by atoms with Gasteiger partial charge in [-0.25, -0.2) is 0 Å². The third-order valence-corrected chi connectivity index (χ3v) is 0.909. The Labute approximate surface area is 59.6 Å². The van der Waals surface area contributed by atoms with E-state index in [1.54, 1.807) is 7.11 Å². The first-order valence-electron chi connectivity index (χ1n) is 2.47. The van der Waals surface area contributed by atoms with E-state index >= 15 is 0 Å². The van der Waals surface area contributed by atoms with Gasteiger partial charge in [-0.05, 0) is 14.0 Å². The Bertz CT molecular complexity index is 39.9. The van der Waals surface area contributed by atoms with Crippen LogP contribution in [-0.2, 0) is 4.74 Å². The van der Waals surface area contributed by atoms with Crippen molar-refractivity contribution >= 4 is 0 Å². The number of hydrogen-bond acceptors (Lipinski definition) is 2. The van der Waals surface area contributed by atoms with Crippen molar-refractivity contribution in [3.05, 3.63) is 0 Å². The second-order valence-electron chi connectivity index (χ2n) is 1.65. The number of rotatable bonds is 3. The average molecular weight is 135 g/mol. The highest BCUT2D eigenvalue weighted by Gasteiger charge is 1.91. The fourth-order valence-electron chi connectivity index (χ4n) is 0.333. The lowest BCUT2D eigenvalue weighted by molar-refractivity contribution is 0.175. The van der Waals surface area contributed by atoms with Gasteiger partial charge in [0.25, 0.3) is 0 Å². The fourth-order valence-corrected chi connectivity index (χ4v) is 0.333. The molecular weight excluding hydrogens is 114 g/mol. The summed E-state index contributed by atoms with van der Waals surface area (Å²) < 4.78 is 4.83. The van der Waals surface area contributed by atoms with Gasteiger partial charge in [0.15, 0.2) is 0 Å². The van der Waals surface area contributed by atoms with Crippen LogP contribution in [0.1, 0.15) is 21.8 Å². The Morgan fingerprint density at radius 1 is 1.44 bits per heavy atom. The van der Waals surface area contributed by atoms with Crippen molar-refractivity contribution in [2.24, 2.45) is 0 Å². The van der Waals surface area contributed by atoms with Crippen molar-refractivity contribution in [1.29, 1.82) is 0 Å².